The van der Waals surface area contributed by atoms with Gasteiger partial charge in [-0.25, -0.2) is 0 Å². The second-order valence-electron chi connectivity index (χ2n) is 4.86. The zero-order chi connectivity index (χ0) is 13.8. The zero-order valence-electron chi connectivity index (χ0n) is 11.6. The van der Waals surface area contributed by atoms with Gasteiger partial charge in [0.05, 0.1) is 0 Å². The number of nitrogens with one attached hydrogen (secondary N) is 1. The van der Waals surface area contributed by atoms with Gasteiger partial charge >= 0.3 is 0 Å². The Balaban J connectivity index is 0.00000200. The molecule has 1 fully saturated rings. The lowest BCUT2D eigenvalue weighted by Gasteiger charge is -2.33. The average Bonchev–Trinajstić information content (AvgIpc) is 2.38. The first kappa shape index (κ1) is 17.1. The number of rotatable bonds is 3. The Labute approximate surface area is 130 Å². The number of carbonyl (C=O) groups excluding carboxylic acids is 1. The second-order valence-corrected chi connectivity index (χ2v) is 5.29. The van der Waals surface area contributed by atoms with E-state index in [-0.39, 0.29) is 18.3 Å². The number of hydrogen-bond donors (Lipinski definition) is 1. The summed E-state index contributed by atoms with van der Waals surface area (Å²) in [5.74, 6) is 0.643. The number of ether oxygens (including phenoxy) is 1. The smallest absolute Gasteiger partial charge is 0.263 e. The van der Waals surface area contributed by atoms with Crippen molar-refractivity contribution < 1.29 is 9.53 Å². The third-order valence-corrected chi connectivity index (χ3v) is 3.37. The van der Waals surface area contributed by atoms with Gasteiger partial charge in [-0.3, -0.25) is 4.79 Å². The Kier molecular flexibility index (Phi) is 6.59. The van der Waals surface area contributed by atoms with Crippen LogP contribution in [-0.2, 0) is 4.79 Å². The van der Waals surface area contributed by atoms with Gasteiger partial charge in [-0.05, 0) is 32.0 Å². The number of carbonyl (C=O) groups is 1. The Morgan fingerprint density at radius 1 is 1.55 bits per heavy atom. The van der Waals surface area contributed by atoms with Crippen LogP contribution in [0.4, 0.5) is 0 Å². The minimum atomic E-state index is -0.497. The van der Waals surface area contributed by atoms with E-state index in [4.69, 9.17) is 16.3 Å². The summed E-state index contributed by atoms with van der Waals surface area (Å²) in [5.41, 5.74) is 0. The number of nitrogens with zero attached hydrogens (tertiary/aromatic N) is 1. The van der Waals surface area contributed by atoms with E-state index in [1.165, 1.54) is 0 Å². The number of halogens is 2. The molecular weight excluding hydrogens is 299 g/mol. The van der Waals surface area contributed by atoms with E-state index in [9.17, 15) is 4.79 Å². The lowest BCUT2D eigenvalue weighted by molar-refractivity contribution is -0.139. The number of amides is 1. The fourth-order valence-corrected chi connectivity index (χ4v) is 2.36. The van der Waals surface area contributed by atoms with Gasteiger partial charge in [0.2, 0.25) is 0 Å². The molecule has 20 heavy (non-hydrogen) atoms. The molecule has 4 nitrogen and oxygen atoms in total. The molecule has 2 unspecified atom stereocenters. The zero-order valence-corrected chi connectivity index (χ0v) is 13.2. The Bertz CT molecular complexity index is 457. The minimum Gasteiger partial charge on any atom is -0.481 e. The molecule has 2 rings (SSSR count). The predicted octanol–water partition coefficient (Wildman–Crippen LogP) is 2.35. The van der Waals surface area contributed by atoms with Gasteiger partial charge in [-0.1, -0.05) is 17.7 Å². The van der Waals surface area contributed by atoms with E-state index in [2.05, 4.69) is 12.2 Å². The standard InChI is InChI=1S/C14H19ClN2O2.ClH/c1-10-9-17(7-6-16-10)14(18)11(2)19-13-5-3-4-12(15)8-13;/h3-5,8,10-11,16H,6-7,9H2,1-2H3;1H. The van der Waals surface area contributed by atoms with Gasteiger partial charge in [-0.15, -0.1) is 12.4 Å². The molecule has 0 saturated carbocycles. The molecule has 1 heterocycles. The molecule has 1 aliphatic heterocycles. The van der Waals surface area contributed by atoms with Gasteiger partial charge in [0.25, 0.3) is 5.91 Å². The molecule has 2 atom stereocenters. The lowest BCUT2D eigenvalue weighted by Crippen LogP contribution is -2.54. The summed E-state index contributed by atoms with van der Waals surface area (Å²) < 4.78 is 5.65. The third-order valence-electron chi connectivity index (χ3n) is 3.14. The molecule has 1 aliphatic rings. The van der Waals surface area contributed by atoms with Crippen LogP contribution in [0, 0.1) is 0 Å². The highest BCUT2D eigenvalue weighted by atomic mass is 35.5. The van der Waals surface area contributed by atoms with E-state index < -0.39 is 6.10 Å². The first-order chi connectivity index (χ1) is 9.06. The average molecular weight is 319 g/mol. The quantitative estimate of drug-likeness (QED) is 0.930. The normalized spacial score (nSPS) is 19.9. The number of benzene rings is 1. The summed E-state index contributed by atoms with van der Waals surface area (Å²) in [6.07, 6.45) is -0.497. The molecule has 1 aromatic carbocycles. The Morgan fingerprint density at radius 2 is 2.30 bits per heavy atom. The van der Waals surface area contributed by atoms with Crippen LogP contribution in [0.25, 0.3) is 0 Å². The molecular formula is C14H20Cl2N2O2. The highest BCUT2D eigenvalue weighted by Gasteiger charge is 2.25. The van der Waals surface area contributed by atoms with E-state index in [1.54, 1.807) is 25.1 Å². The van der Waals surface area contributed by atoms with E-state index in [1.807, 2.05) is 11.0 Å². The van der Waals surface area contributed by atoms with Crippen LogP contribution in [0.1, 0.15) is 13.8 Å². The van der Waals surface area contributed by atoms with Crippen LogP contribution in [0.3, 0.4) is 0 Å². The van der Waals surface area contributed by atoms with Gasteiger partial charge in [-0.2, -0.15) is 0 Å². The third kappa shape index (κ3) is 4.54. The molecule has 112 valence electrons. The first-order valence-corrected chi connectivity index (χ1v) is 6.88. The molecule has 0 aromatic heterocycles. The van der Waals surface area contributed by atoms with Crippen molar-refractivity contribution in [2.75, 3.05) is 19.6 Å². The molecule has 1 saturated heterocycles. The molecule has 0 bridgehead atoms. The van der Waals surface area contributed by atoms with Crippen LogP contribution < -0.4 is 10.1 Å². The van der Waals surface area contributed by atoms with E-state index in [0.717, 1.165) is 19.6 Å². The summed E-state index contributed by atoms with van der Waals surface area (Å²) in [5, 5.41) is 3.92. The summed E-state index contributed by atoms with van der Waals surface area (Å²) in [6, 6.07) is 7.43. The summed E-state index contributed by atoms with van der Waals surface area (Å²) in [6.45, 7) is 6.13. The van der Waals surface area contributed by atoms with Crippen molar-refractivity contribution in [2.24, 2.45) is 0 Å². The highest BCUT2D eigenvalue weighted by Crippen LogP contribution is 2.19. The van der Waals surface area contributed by atoms with Gasteiger partial charge in [0.15, 0.2) is 6.10 Å². The molecule has 1 N–H and O–H groups in total. The van der Waals surface area contributed by atoms with Crippen LogP contribution in [0.2, 0.25) is 5.02 Å². The SMILES string of the molecule is CC1CN(C(=O)C(C)Oc2cccc(Cl)c2)CCN1.Cl. The first-order valence-electron chi connectivity index (χ1n) is 6.50. The number of piperazine rings is 1. The van der Waals surface area contributed by atoms with Crippen molar-refractivity contribution >= 4 is 29.9 Å². The van der Waals surface area contributed by atoms with E-state index >= 15 is 0 Å². The van der Waals surface area contributed by atoms with Crippen molar-refractivity contribution in [3.63, 3.8) is 0 Å². The van der Waals surface area contributed by atoms with Crippen molar-refractivity contribution in [1.82, 2.24) is 10.2 Å². The van der Waals surface area contributed by atoms with E-state index in [0.29, 0.717) is 16.8 Å². The van der Waals surface area contributed by atoms with Crippen molar-refractivity contribution in [3.8, 4) is 5.75 Å². The Hall–Kier alpha value is -0.970. The fourth-order valence-electron chi connectivity index (χ4n) is 2.18. The fraction of sp³-hybridized carbons (Fsp3) is 0.500. The van der Waals surface area contributed by atoms with Gasteiger partial charge in [0.1, 0.15) is 5.75 Å². The highest BCUT2D eigenvalue weighted by molar-refractivity contribution is 6.30. The summed E-state index contributed by atoms with van der Waals surface area (Å²) in [4.78, 5) is 14.1. The maximum absolute atomic E-state index is 12.3. The van der Waals surface area contributed by atoms with Gasteiger partial charge in [0, 0.05) is 30.7 Å². The molecule has 6 heteroatoms. The Morgan fingerprint density at radius 3 is 2.95 bits per heavy atom. The lowest BCUT2D eigenvalue weighted by atomic mass is 10.2. The monoisotopic (exact) mass is 318 g/mol. The molecule has 0 radical (unpaired) electrons. The van der Waals surface area contributed by atoms with Crippen LogP contribution in [0.5, 0.6) is 5.75 Å². The van der Waals surface area contributed by atoms with Crippen molar-refractivity contribution in [3.05, 3.63) is 29.3 Å². The summed E-state index contributed by atoms with van der Waals surface area (Å²) >= 11 is 5.89. The molecule has 1 amide bonds. The van der Waals surface area contributed by atoms with Crippen LogP contribution in [0.15, 0.2) is 24.3 Å². The van der Waals surface area contributed by atoms with Crippen molar-refractivity contribution in [1.29, 1.82) is 0 Å². The molecule has 1 aromatic rings. The molecule has 0 aliphatic carbocycles. The minimum absolute atomic E-state index is 0. The van der Waals surface area contributed by atoms with Crippen LogP contribution in [-0.4, -0.2) is 42.6 Å². The summed E-state index contributed by atoms with van der Waals surface area (Å²) in [7, 11) is 0. The van der Waals surface area contributed by atoms with Gasteiger partial charge < -0.3 is 15.0 Å². The molecule has 0 spiro atoms. The predicted molar refractivity (Wildman–Crippen MR) is 82.8 cm³/mol. The maximum atomic E-state index is 12.3. The largest absolute Gasteiger partial charge is 0.481 e. The van der Waals surface area contributed by atoms with Crippen molar-refractivity contribution in [2.45, 2.75) is 26.0 Å². The topological polar surface area (TPSA) is 41.6 Å². The maximum Gasteiger partial charge on any atom is 0.263 e. The van der Waals surface area contributed by atoms with Crippen LogP contribution >= 0.6 is 24.0 Å². The number of hydrogen-bond acceptors (Lipinski definition) is 3. The second kappa shape index (κ2) is 7.72.